The highest BCUT2D eigenvalue weighted by atomic mass is 31.2. The average molecular weight is 1520 g/mol. The SMILES string of the molecule is CCC(C)CCCCCCCCCCCCCCCCCCCCC(=O)O[C@H](COC(=O)CCCCCCCCC(C)CC)COP(=O)(O)OC[C@H](O)COP(=O)(O)OC[C@@H](COC(=O)CCCCCCCCCCCCCCCCC(C)CC)OC(=O)CCCCCCCCCCCCCC(C)C. The number of aliphatic hydroxyl groups is 1. The molecule has 0 radical (unpaired) electrons. The molecular formula is C85H166O17P2. The molecule has 0 amide bonds. The largest absolute Gasteiger partial charge is 0.472 e. The number of phosphoric ester groups is 2. The van der Waals surface area contributed by atoms with Crippen LogP contribution >= 0.6 is 15.6 Å². The minimum Gasteiger partial charge on any atom is -0.462 e. The Morgan fingerprint density at radius 1 is 0.269 bits per heavy atom. The van der Waals surface area contributed by atoms with Crippen LogP contribution in [0.1, 0.15) is 441 Å². The van der Waals surface area contributed by atoms with E-state index >= 15 is 0 Å². The molecule has 0 saturated carbocycles. The molecule has 0 fully saturated rings. The fraction of sp³-hybridized carbons (Fsp3) is 0.953. The Morgan fingerprint density at radius 3 is 0.683 bits per heavy atom. The molecule has 8 atom stereocenters. The standard InChI is InChI=1S/C85H166O17P2/c1-9-76(6)62-54-46-38-32-26-20-16-14-12-13-15-17-23-29-35-41-51-59-67-84(89)102-81(72-96-83(88)66-58-50-44-43-48-56-64-78(8)11-3)74-100-104(93,94)98-70-79(86)69-97-103(91,92)99-73-80(101-85(90)68-60-52-42-36-30-24-25-31-37-45-53-61-75(4)5)71-95-82(87)65-57-49-40-34-28-22-19-18-21-27-33-39-47-55-63-77(7)10-2/h75-81,86H,9-74H2,1-8H3,(H,91,92)(H,93,94)/t76?,77?,78?,79-,80-,81-/m1/s1. The predicted octanol–water partition coefficient (Wildman–Crippen LogP) is 25.6. The van der Waals surface area contributed by atoms with Gasteiger partial charge in [0.2, 0.25) is 0 Å². The second-order valence-electron chi connectivity index (χ2n) is 31.8. The summed E-state index contributed by atoms with van der Waals surface area (Å²) in [6, 6.07) is 0. The van der Waals surface area contributed by atoms with Crippen molar-refractivity contribution in [3.8, 4) is 0 Å². The van der Waals surface area contributed by atoms with Gasteiger partial charge in [0, 0.05) is 25.7 Å². The third-order valence-electron chi connectivity index (χ3n) is 20.9. The van der Waals surface area contributed by atoms with Gasteiger partial charge in [-0.15, -0.1) is 0 Å². The number of carbonyl (C=O) groups excluding carboxylic acids is 4. The van der Waals surface area contributed by atoms with Crippen LogP contribution in [0.2, 0.25) is 0 Å². The normalized spacial score (nSPS) is 14.7. The Balaban J connectivity index is 5.20. The van der Waals surface area contributed by atoms with Crippen molar-refractivity contribution in [2.45, 2.75) is 459 Å². The van der Waals surface area contributed by atoms with Crippen molar-refractivity contribution in [2.24, 2.45) is 23.7 Å². The summed E-state index contributed by atoms with van der Waals surface area (Å²) in [6.45, 7) is 14.4. The van der Waals surface area contributed by atoms with Crippen LogP contribution in [0.4, 0.5) is 0 Å². The molecular weight excluding hydrogens is 1350 g/mol. The van der Waals surface area contributed by atoms with E-state index in [1.807, 2.05) is 0 Å². The maximum absolute atomic E-state index is 13.1. The first-order valence-corrected chi connectivity index (χ1v) is 46.8. The average Bonchev–Trinajstić information content (AvgIpc) is 0.916. The minimum absolute atomic E-state index is 0.106. The first-order chi connectivity index (χ1) is 50.2. The number of phosphoric acid groups is 2. The number of aliphatic hydroxyl groups excluding tert-OH is 1. The molecule has 17 nitrogen and oxygen atoms in total. The molecule has 0 rings (SSSR count). The maximum atomic E-state index is 13.1. The van der Waals surface area contributed by atoms with Crippen molar-refractivity contribution in [3.63, 3.8) is 0 Å². The fourth-order valence-corrected chi connectivity index (χ4v) is 14.6. The summed E-state index contributed by atoms with van der Waals surface area (Å²) in [5, 5.41) is 10.7. The lowest BCUT2D eigenvalue weighted by molar-refractivity contribution is -0.161. The molecule has 19 heteroatoms. The number of rotatable bonds is 82. The molecule has 5 unspecified atom stereocenters. The summed E-state index contributed by atoms with van der Waals surface area (Å²) in [4.78, 5) is 73.2. The van der Waals surface area contributed by atoms with Gasteiger partial charge in [-0.25, -0.2) is 9.13 Å². The van der Waals surface area contributed by atoms with E-state index in [0.717, 1.165) is 120 Å². The molecule has 0 aliphatic rings. The Morgan fingerprint density at radius 2 is 0.462 bits per heavy atom. The Bertz CT molecular complexity index is 2030. The smallest absolute Gasteiger partial charge is 0.462 e. The summed E-state index contributed by atoms with van der Waals surface area (Å²) in [7, 11) is -9.93. The molecule has 0 aromatic carbocycles. The maximum Gasteiger partial charge on any atom is 0.472 e. The van der Waals surface area contributed by atoms with Crippen molar-refractivity contribution in [1.82, 2.24) is 0 Å². The van der Waals surface area contributed by atoms with Gasteiger partial charge in [0.25, 0.3) is 0 Å². The highest BCUT2D eigenvalue weighted by Crippen LogP contribution is 2.45. The van der Waals surface area contributed by atoms with Crippen molar-refractivity contribution in [3.05, 3.63) is 0 Å². The molecule has 0 heterocycles. The predicted molar refractivity (Wildman–Crippen MR) is 428 cm³/mol. The van der Waals surface area contributed by atoms with Gasteiger partial charge in [-0.2, -0.15) is 0 Å². The van der Waals surface area contributed by atoms with E-state index in [-0.39, 0.29) is 25.7 Å². The van der Waals surface area contributed by atoms with E-state index in [9.17, 15) is 43.2 Å². The molecule has 0 aromatic rings. The number of carbonyl (C=O) groups is 4. The molecule has 104 heavy (non-hydrogen) atoms. The van der Waals surface area contributed by atoms with Crippen LogP contribution in [0, 0.1) is 23.7 Å². The quantitative estimate of drug-likeness (QED) is 0.0222. The van der Waals surface area contributed by atoms with Crippen LogP contribution in [0.5, 0.6) is 0 Å². The first kappa shape index (κ1) is 102. The number of ether oxygens (including phenoxy) is 4. The summed E-state index contributed by atoms with van der Waals surface area (Å²) in [6.07, 6.45) is 62.4. The number of esters is 4. The molecule has 0 aliphatic heterocycles. The zero-order valence-corrected chi connectivity index (χ0v) is 70.5. The van der Waals surface area contributed by atoms with E-state index in [1.54, 1.807) is 0 Å². The van der Waals surface area contributed by atoms with Crippen molar-refractivity contribution < 1.29 is 80.2 Å². The van der Waals surface area contributed by atoms with E-state index in [1.165, 1.54) is 238 Å². The zero-order chi connectivity index (χ0) is 76.7. The van der Waals surface area contributed by atoms with Crippen LogP contribution in [0.15, 0.2) is 0 Å². The van der Waals surface area contributed by atoms with E-state index in [2.05, 4.69) is 55.4 Å². The lowest BCUT2D eigenvalue weighted by Gasteiger charge is -2.21. The van der Waals surface area contributed by atoms with Crippen LogP contribution in [-0.4, -0.2) is 96.7 Å². The van der Waals surface area contributed by atoms with Gasteiger partial charge < -0.3 is 33.8 Å². The third kappa shape index (κ3) is 74.2. The highest BCUT2D eigenvalue weighted by Gasteiger charge is 2.31. The minimum atomic E-state index is -4.96. The molecule has 0 saturated heterocycles. The molecule has 0 spiro atoms. The number of hydrogen-bond donors (Lipinski definition) is 3. The monoisotopic (exact) mass is 1520 g/mol. The van der Waals surface area contributed by atoms with Crippen molar-refractivity contribution in [2.75, 3.05) is 39.6 Å². The molecule has 0 bridgehead atoms. The van der Waals surface area contributed by atoms with Gasteiger partial charge in [0.05, 0.1) is 26.4 Å². The summed E-state index contributed by atoms with van der Waals surface area (Å²) in [5.74, 6) is 1.11. The summed E-state index contributed by atoms with van der Waals surface area (Å²) >= 11 is 0. The van der Waals surface area contributed by atoms with Gasteiger partial charge in [-0.1, -0.05) is 389 Å². The van der Waals surface area contributed by atoms with Crippen LogP contribution in [-0.2, 0) is 65.4 Å². The highest BCUT2D eigenvalue weighted by molar-refractivity contribution is 7.47. The van der Waals surface area contributed by atoms with Crippen molar-refractivity contribution >= 4 is 39.5 Å². The van der Waals surface area contributed by atoms with Gasteiger partial charge in [-0.05, 0) is 49.4 Å². The Labute approximate surface area is 638 Å². The van der Waals surface area contributed by atoms with E-state index in [0.29, 0.717) is 25.7 Å². The zero-order valence-electron chi connectivity index (χ0n) is 68.7. The van der Waals surface area contributed by atoms with E-state index in [4.69, 9.17) is 37.0 Å². The van der Waals surface area contributed by atoms with Gasteiger partial charge in [0.15, 0.2) is 12.2 Å². The second-order valence-corrected chi connectivity index (χ2v) is 34.7. The fourth-order valence-electron chi connectivity index (χ4n) is 13.0. The summed E-state index contributed by atoms with van der Waals surface area (Å²) in [5.41, 5.74) is 0. The van der Waals surface area contributed by atoms with Crippen LogP contribution < -0.4 is 0 Å². The van der Waals surface area contributed by atoms with Gasteiger partial charge in [0.1, 0.15) is 19.3 Å². The molecule has 618 valence electrons. The Hall–Kier alpha value is -1.94. The first-order valence-electron chi connectivity index (χ1n) is 43.8. The Kier molecular flexibility index (Phi) is 72.5. The topological polar surface area (TPSA) is 237 Å². The van der Waals surface area contributed by atoms with E-state index < -0.39 is 97.5 Å². The molecule has 3 N–H and O–H groups in total. The second kappa shape index (κ2) is 73.8. The molecule has 0 aromatic heterocycles. The number of unbranched alkanes of at least 4 members (excludes halogenated alkanes) is 45. The van der Waals surface area contributed by atoms with Crippen LogP contribution in [0.3, 0.4) is 0 Å². The summed E-state index contributed by atoms with van der Waals surface area (Å²) < 4.78 is 68.8. The lowest BCUT2D eigenvalue weighted by Crippen LogP contribution is -2.30. The third-order valence-corrected chi connectivity index (χ3v) is 22.8. The van der Waals surface area contributed by atoms with Gasteiger partial charge in [-0.3, -0.25) is 37.3 Å². The molecule has 0 aliphatic carbocycles. The lowest BCUT2D eigenvalue weighted by atomic mass is 9.99. The van der Waals surface area contributed by atoms with Crippen molar-refractivity contribution in [1.29, 1.82) is 0 Å². The number of hydrogen-bond acceptors (Lipinski definition) is 15. The van der Waals surface area contributed by atoms with Crippen LogP contribution in [0.25, 0.3) is 0 Å². The van der Waals surface area contributed by atoms with Gasteiger partial charge >= 0.3 is 39.5 Å².